The van der Waals surface area contributed by atoms with E-state index in [0.717, 1.165) is 5.69 Å². The van der Waals surface area contributed by atoms with Crippen LogP contribution in [0.2, 0.25) is 5.02 Å². The fourth-order valence-corrected chi connectivity index (χ4v) is 1.48. The van der Waals surface area contributed by atoms with E-state index < -0.39 is 5.82 Å². The van der Waals surface area contributed by atoms with Crippen LogP contribution in [-0.4, -0.2) is 4.98 Å². The van der Waals surface area contributed by atoms with Crippen molar-refractivity contribution in [2.45, 2.75) is 6.54 Å². The average Bonchev–Trinajstić information content (AvgIpc) is 2.34. The smallest absolute Gasteiger partial charge is 0.142 e. The molecule has 2 aromatic rings. The lowest BCUT2D eigenvalue weighted by Crippen LogP contribution is -1.99. The molecule has 0 aliphatic rings. The van der Waals surface area contributed by atoms with E-state index in [0.29, 0.717) is 18.0 Å². The maximum Gasteiger partial charge on any atom is 0.142 e. The molecule has 0 saturated heterocycles. The Morgan fingerprint density at radius 1 is 1.24 bits per heavy atom. The highest BCUT2D eigenvalue weighted by Gasteiger charge is 2.03. The number of rotatable bonds is 3. The molecule has 2 rings (SSSR count). The zero-order valence-electron chi connectivity index (χ0n) is 8.86. The molecule has 2 N–H and O–H groups in total. The van der Waals surface area contributed by atoms with Gasteiger partial charge in [0.2, 0.25) is 0 Å². The largest absolute Gasteiger partial charge is 0.457 e. The van der Waals surface area contributed by atoms with E-state index in [1.165, 1.54) is 18.2 Å². The number of nitrogens with zero attached hydrogens (tertiary/aromatic N) is 1. The van der Waals surface area contributed by atoms with E-state index >= 15 is 0 Å². The van der Waals surface area contributed by atoms with Crippen LogP contribution in [0.5, 0.6) is 11.5 Å². The number of halogens is 2. The van der Waals surface area contributed by atoms with Crippen LogP contribution in [0.1, 0.15) is 5.69 Å². The summed E-state index contributed by atoms with van der Waals surface area (Å²) in [6.07, 6.45) is 1.60. The molecule has 0 unspecified atom stereocenters. The number of pyridine rings is 1. The minimum absolute atomic E-state index is 0.0237. The first kappa shape index (κ1) is 11.8. The minimum Gasteiger partial charge on any atom is -0.457 e. The van der Waals surface area contributed by atoms with Crippen LogP contribution in [-0.2, 0) is 6.54 Å². The number of hydrogen-bond donors (Lipinski definition) is 1. The molecule has 3 nitrogen and oxygen atoms in total. The van der Waals surface area contributed by atoms with Gasteiger partial charge in [-0.3, -0.25) is 4.98 Å². The number of ether oxygens (including phenoxy) is 1. The van der Waals surface area contributed by atoms with Crippen LogP contribution >= 0.6 is 11.6 Å². The molecule has 0 amide bonds. The standard InChI is InChI=1S/C12H10ClFN2O/c13-11-6-9(1-2-12(11)14)17-10-3-4-16-8(5-10)7-15/h1-6H,7,15H2. The molecular weight excluding hydrogens is 243 g/mol. The van der Waals surface area contributed by atoms with Gasteiger partial charge in [-0.25, -0.2) is 4.39 Å². The normalized spacial score (nSPS) is 10.3. The molecule has 1 aromatic carbocycles. The van der Waals surface area contributed by atoms with Crippen LogP contribution in [0.25, 0.3) is 0 Å². The second-order valence-corrected chi connectivity index (χ2v) is 3.77. The molecule has 0 saturated carbocycles. The SMILES string of the molecule is NCc1cc(Oc2ccc(F)c(Cl)c2)ccn1. The van der Waals surface area contributed by atoms with Gasteiger partial charge < -0.3 is 10.5 Å². The van der Waals surface area contributed by atoms with Gasteiger partial charge in [-0.15, -0.1) is 0 Å². The molecule has 0 aliphatic heterocycles. The van der Waals surface area contributed by atoms with Crippen molar-refractivity contribution in [1.82, 2.24) is 4.98 Å². The summed E-state index contributed by atoms with van der Waals surface area (Å²) < 4.78 is 18.5. The summed E-state index contributed by atoms with van der Waals surface area (Å²) in [7, 11) is 0. The lowest BCUT2D eigenvalue weighted by Gasteiger charge is -2.07. The third-order valence-corrected chi connectivity index (χ3v) is 2.41. The molecule has 0 radical (unpaired) electrons. The van der Waals surface area contributed by atoms with Crippen LogP contribution in [0, 0.1) is 5.82 Å². The summed E-state index contributed by atoms with van der Waals surface area (Å²) in [5, 5.41) is 0.0237. The Morgan fingerprint density at radius 3 is 2.71 bits per heavy atom. The maximum absolute atomic E-state index is 12.9. The highest BCUT2D eigenvalue weighted by atomic mass is 35.5. The Labute approximate surface area is 103 Å². The summed E-state index contributed by atoms with van der Waals surface area (Å²) in [5.41, 5.74) is 6.19. The predicted molar refractivity (Wildman–Crippen MR) is 63.6 cm³/mol. The highest BCUT2D eigenvalue weighted by Crippen LogP contribution is 2.25. The fourth-order valence-electron chi connectivity index (χ4n) is 1.31. The Kier molecular flexibility index (Phi) is 3.56. The van der Waals surface area contributed by atoms with Crippen molar-refractivity contribution in [2.75, 3.05) is 0 Å². The van der Waals surface area contributed by atoms with Gasteiger partial charge >= 0.3 is 0 Å². The molecule has 0 spiro atoms. The molecule has 1 heterocycles. The van der Waals surface area contributed by atoms with Crippen LogP contribution < -0.4 is 10.5 Å². The molecule has 0 aliphatic carbocycles. The minimum atomic E-state index is -0.476. The van der Waals surface area contributed by atoms with E-state index in [9.17, 15) is 4.39 Å². The van der Waals surface area contributed by atoms with Crippen molar-refractivity contribution in [3.8, 4) is 11.5 Å². The van der Waals surface area contributed by atoms with Gasteiger partial charge in [-0.1, -0.05) is 11.6 Å². The molecule has 0 bridgehead atoms. The molecule has 17 heavy (non-hydrogen) atoms. The molecule has 88 valence electrons. The number of nitrogens with two attached hydrogens (primary N) is 1. The second kappa shape index (κ2) is 5.12. The molecule has 5 heteroatoms. The Morgan fingerprint density at radius 2 is 2.00 bits per heavy atom. The lowest BCUT2D eigenvalue weighted by atomic mass is 10.3. The van der Waals surface area contributed by atoms with Crippen molar-refractivity contribution in [2.24, 2.45) is 5.73 Å². The van der Waals surface area contributed by atoms with Gasteiger partial charge in [0.05, 0.1) is 10.7 Å². The van der Waals surface area contributed by atoms with Crippen LogP contribution in [0.15, 0.2) is 36.5 Å². The quantitative estimate of drug-likeness (QED) is 0.913. The zero-order chi connectivity index (χ0) is 12.3. The first-order valence-corrected chi connectivity index (χ1v) is 5.35. The summed E-state index contributed by atoms with van der Waals surface area (Å²) in [6.45, 7) is 0.335. The first-order chi connectivity index (χ1) is 8.19. The second-order valence-electron chi connectivity index (χ2n) is 3.36. The van der Waals surface area contributed by atoms with Crippen molar-refractivity contribution >= 4 is 11.6 Å². The van der Waals surface area contributed by atoms with E-state index in [1.807, 2.05) is 0 Å². The zero-order valence-corrected chi connectivity index (χ0v) is 9.62. The van der Waals surface area contributed by atoms with E-state index in [-0.39, 0.29) is 5.02 Å². The van der Waals surface area contributed by atoms with Crippen molar-refractivity contribution < 1.29 is 9.13 Å². The van der Waals surface area contributed by atoms with E-state index in [2.05, 4.69) is 4.98 Å². The number of aromatic nitrogens is 1. The molecule has 1 aromatic heterocycles. The van der Waals surface area contributed by atoms with Gasteiger partial charge in [-0.05, 0) is 18.2 Å². The lowest BCUT2D eigenvalue weighted by molar-refractivity contribution is 0.479. The molecular formula is C12H10ClFN2O. The fraction of sp³-hybridized carbons (Fsp3) is 0.0833. The molecule has 0 fully saturated rings. The number of hydrogen-bond acceptors (Lipinski definition) is 3. The monoisotopic (exact) mass is 252 g/mol. The topological polar surface area (TPSA) is 48.1 Å². The summed E-state index contributed by atoms with van der Waals surface area (Å²) in [4.78, 5) is 4.04. The summed E-state index contributed by atoms with van der Waals surface area (Å²) in [5.74, 6) is 0.574. The predicted octanol–water partition coefficient (Wildman–Crippen LogP) is 3.13. The van der Waals surface area contributed by atoms with Crippen LogP contribution in [0.4, 0.5) is 4.39 Å². The average molecular weight is 253 g/mol. The van der Waals surface area contributed by atoms with E-state index in [1.54, 1.807) is 18.3 Å². The third-order valence-electron chi connectivity index (χ3n) is 2.12. The number of benzene rings is 1. The van der Waals surface area contributed by atoms with Gasteiger partial charge in [0, 0.05) is 24.9 Å². The maximum atomic E-state index is 12.9. The van der Waals surface area contributed by atoms with Gasteiger partial charge in [0.1, 0.15) is 17.3 Å². The van der Waals surface area contributed by atoms with Crippen molar-refractivity contribution in [3.05, 3.63) is 53.1 Å². The Balaban J connectivity index is 2.22. The van der Waals surface area contributed by atoms with Gasteiger partial charge in [0.15, 0.2) is 0 Å². The van der Waals surface area contributed by atoms with Gasteiger partial charge in [-0.2, -0.15) is 0 Å². The van der Waals surface area contributed by atoms with Gasteiger partial charge in [0.25, 0.3) is 0 Å². The van der Waals surface area contributed by atoms with Crippen LogP contribution in [0.3, 0.4) is 0 Å². The first-order valence-electron chi connectivity index (χ1n) is 4.97. The van der Waals surface area contributed by atoms with Crippen molar-refractivity contribution in [1.29, 1.82) is 0 Å². The Bertz CT molecular complexity index is 534. The molecule has 0 atom stereocenters. The summed E-state index contributed by atoms with van der Waals surface area (Å²) in [6, 6.07) is 7.58. The summed E-state index contributed by atoms with van der Waals surface area (Å²) >= 11 is 5.65. The van der Waals surface area contributed by atoms with E-state index in [4.69, 9.17) is 22.1 Å². The van der Waals surface area contributed by atoms with Crippen molar-refractivity contribution in [3.63, 3.8) is 0 Å². The highest BCUT2D eigenvalue weighted by molar-refractivity contribution is 6.30. The third kappa shape index (κ3) is 2.93. The Hall–Kier alpha value is -1.65.